The van der Waals surface area contributed by atoms with E-state index in [0.29, 0.717) is 25.6 Å². The van der Waals surface area contributed by atoms with Crippen molar-refractivity contribution in [2.45, 2.75) is 37.8 Å². The third kappa shape index (κ3) is 4.10. The molecule has 0 spiro atoms. The largest absolute Gasteiger partial charge is 0.330 e. The second-order valence-electron chi connectivity index (χ2n) is 8.17. The van der Waals surface area contributed by atoms with Crippen LogP contribution in [0.3, 0.4) is 0 Å². The van der Waals surface area contributed by atoms with E-state index in [4.69, 9.17) is 0 Å². The van der Waals surface area contributed by atoms with Gasteiger partial charge in [0, 0.05) is 24.7 Å². The van der Waals surface area contributed by atoms with Gasteiger partial charge in [-0.2, -0.15) is 0 Å². The maximum absolute atomic E-state index is 12.9. The molecular formula is C24H24N4O2S. The number of hydrogen-bond acceptors (Lipinski definition) is 5. The van der Waals surface area contributed by atoms with Gasteiger partial charge in [-0.15, -0.1) is 10.2 Å². The van der Waals surface area contributed by atoms with E-state index in [1.54, 1.807) is 9.80 Å². The molecule has 0 bridgehead atoms. The summed E-state index contributed by atoms with van der Waals surface area (Å²) in [5.74, 6) is -0.339. The molecule has 2 aliphatic rings. The summed E-state index contributed by atoms with van der Waals surface area (Å²) in [4.78, 5) is 29.1. The first-order chi connectivity index (χ1) is 15.2. The van der Waals surface area contributed by atoms with Crippen molar-refractivity contribution in [2.24, 2.45) is 0 Å². The zero-order chi connectivity index (χ0) is 21.2. The van der Waals surface area contributed by atoms with Crippen LogP contribution >= 0.6 is 11.3 Å². The highest BCUT2D eigenvalue weighted by molar-refractivity contribution is 7.14. The molecule has 0 unspecified atom stereocenters. The smallest absolute Gasteiger partial charge is 0.312 e. The number of carbonyl (C=O) groups is 2. The van der Waals surface area contributed by atoms with Gasteiger partial charge in [0.25, 0.3) is 0 Å². The summed E-state index contributed by atoms with van der Waals surface area (Å²) in [5, 5.41) is 10.1. The van der Waals surface area contributed by atoms with Gasteiger partial charge in [-0.05, 0) is 30.7 Å². The summed E-state index contributed by atoms with van der Waals surface area (Å²) in [6, 6.07) is 20.5. The van der Waals surface area contributed by atoms with E-state index in [1.165, 1.54) is 16.9 Å². The molecule has 1 aliphatic heterocycles. The molecule has 3 aromatic rings. The van der Waals surface area contributed by atoms with Gasteiger partial charge in [-0.1, -0.05) is 72.0 Å². The predicted molar refractivity (Wildman–Crippen MR) is 119 cm³/mol. The van der Waals surface area contributed by atoms with Crippen LogP contribution in [0.4, 0.5) is 0 Å². The molecule has 2 heterocycles. The first kappa shape index (κ1) is 19.9. The molecule has 7 heteroatoms. The highest BCUT2D eigenvalue weighted by Crippen LogP contribution is 2.37. The van der Waals surface area contributed by atoms with Gasteiger partial charge in [0.05, 0.1) is 6.54 Å². The molecule has 2 atom stereocenters. The zero-order valence-electron chi connectivity index (χ0n) is 17.2. The van der Waals surface area contributed by atoms with Crippen molar-refractivity contribution in [1.29, 1.82) is 0 Å². The lowest BCUT2D eigenvalue weighted by atomic mass is 9.97. The van der Waals surface area contributed by atoms with Crippen molar-refractivity contribution in [1.82, 2.24) is 20.0 Å². The molecule has 0 radical (unpaired) electrons. The minimum atomic E-state index is -0.425. The Hall–Kier alpha value is -3.06. The van der Waals surface area contributed by atoms with Gasteiger partial charge in [0.1, 0.15) is 10.0 Å². The number of piperazine rings is 1. The minimum absolute atomic E-state index is 0.148. The van der Waals surface area contributed by atoms with E-state index < -0.39 is 5.91 Å². The van der Waals surface area contributed by atoms with Gasteiger partial charge in [0.2, 0.25) is 0 Å². The molecule has 158 valence electrons. The van der Waals surface area contributed by atoms with Crippen LogP contribution in [0, 0.1) is 0 Å². The summed E-state index contributed by atoms with van der Waals surface area (Å²) in [6.45, 7) is 1.46. The van der Waals surface area contributed by atoms with Gasteiger partial charge in [-0.25, -0.2) is 0 Å². The SMILES string of the molecule is O=C1C(=O)N([C@H]2CC[C@@H](c3ccccc3)C2)CCN1Cc1nnc(-c2ccccc2)s1. The lowest BCUT2D eigenvalue weighted by Crippen LogP contribution is -2.56. The Labute approximate surface area is 185 Å². The standard InChI is InChI=1S/C24H24N4O2S/c29-23-24(30)28(20-12-11-19(15-20)17-7-3-1-4-8-17)14-13-27(23)16-21-25-26-22(31-21)18-9-5-2-6-10-18/h1-10,19-20H,11-16H2/t19-,20+/m1/s1. The number of amides is 2. The molecule has 1 aromatic heterocycles. The van der Waals surface area contributed by atoms with Crippen molar-refractivity contribution >= 4 is 23.2 Å². The van der Waals surface area contributed by atoms with Gasteiger partial charge >= 0.3 is 11.8 Å². The monoisotopic (exact) mass is 432 g/mol. The number of nitrogens with zero attached hydrogens (tertiary/aromatic N) is 4. The van der Waals surface area contributed by atoms with E-state index >= 15 is 0 Å². The zero-order valence-corrected chi connectivity index (χ0v) is 18.0. The van der Waals surface area contributed by atoms with Crippen molar-refractivity contribution in [3.63, 3.8) is 0 Å². The van der Waals surface area contributed by atoms with E-state index in [2.05, 4.69) is 34.5 Å². The lowest BCUT2D eigenvalue weighted by Gasteiger charge is -2.37. The predicted octanol–water partition coefficient (Wildman–Crippen LogP) is 3.71. The average molecular weight is 433 g/mol. The third-order valence-electron chi connectivity index (χ3n) is 6.27. The van der Waals surface area contributed by atoms with Crippen LogP contribution < -0.4 is 0 Å². The molecule has 0 N–H and O–H groups in total. The summed E-state index contributed by atoms with van der Waals surface area (Å²) in [6.07, 6.45) is 2.94. The molecule has 2 aromatic carbocycles. The minimum Gasteiger partial charge on any atom is -0.330 e. The Morgan fingerprint density at radius 2 is 1.61 bits per heavy atom. The van der Waals surface area contributed by atoms with Gasteiger partial charge < -0.3 is 9.80 Å². The van der Waals surface area contributed by atoms with Crippen LogP contribution in [0.2, 0.25) is 0 Å². The summed E-state index contributed by atoms with van der Waals surface area (Å²) in [7, 11) is 0. The van der Waals surface area contributed by atoms with E-state index in [0.717, 1.165) is 34.8 Å². The Morgan fingerprint density at radius 1 is 0.871 bits per heavy atom. The number of aromatic nitrogens is 2. The first-order valence-corrected chi connectivity index (χ1v) is 11.5. The first-order valence-electron chi connectivity index (χ1n) is 10.7. The number of rotatable bonds is 5. The number of carbonyl (C=O) groups excluding carboxylic acids is 2. The van der Waals surface area contributed by atoms with Crippen molar-refractivity contribution in [3.8, 4) is 10.6 Å². The fourth-order valence-corrected chi connectivity index (χ4v) is 5.50. The highest BCUT2D eigenvalue weighted by Gasteiger charge is 2.39. The van der Waals surface area contributed by atoms with E-state index in [9.17, 15) is 9.59 Å². The Kier molecular flexibility index (Phi) is 5.51. The van der Waals surface area contributed by atoms with Crippen LogP contribution in [0.25, 0.3) is 10.6 Å². The molecule has 1 saturated carbocycles. The lowest BCUT2D eigenvalue weighted by molar-refractivity contribution is -0.158. The number of hydrogen-bond donors (Lipinski definition) is 0. The van der Waals surface area contributed by atoms with Gasteiger partial charge in [-0.3, -0.25) is 9.59 Å². The molecule has 31 heavy (non-hydrogen) atoms. The maximum Gasteiger partial charge on any atom is 0.312 e. The van der Waals surface area contributed by atoms with Crippen molar-refractivity contribution < 1.29 is 9.59 Å². The van der Waals surface area contributed by atoms with Crippen molar-refractivity contribution in [3.05, 3.63) is 71.2 Å². The molecule has 1 saturated heterocycles. The Balaban J connectivity index is 1.21. The normalized spacial score (nSPS) is 21.7. The summed E-state index contributed by atoms with van der Waals surface area (Å²) >= 11 is 1.47. The van der Waals surface area contributed by atoms with E-state index in [1.807, 2.05) is 36.4 Å². The second kappa shape index (κ2) is 8.59. The quantitative estimate of drug-likeness (QED) is 0.577. The second-order valence-corrected chi connectivity index (χ2v) is 9.23. The third-order valence-corrected chi connectivity index (χ3v) is 7.23. The molecule has 2 fully saturated rings. The van der Waals surface area contributed by atoms with Crippen LogP contribution in [0.1, 0.15) is 35.8 Å². The van der Waals surface area contributed by atoms with Crippen LogP contribution in [-0.4, -0.2) is 50.9 Å². The van der Waals surface area contributed by atoms with Crippen LogP contribution in [0.15, 0.2) is 60.7 Å². The molecule has 1 aliphatic carbocycles. The van der Waals surface area contributed by atoms with Crippen LogP contribution in [0.5, 0.6) is 0 Å². The summed E-state index contributed by atoms with van der Waals surface area (Å²) in [5.41, 5.74) is 2.33. The highest BCUT2D eigenvalue weighted by atomic mass is 32.1. The van der Waals surface area contributed by atoms with Crippen molar-refractivity contribution in [2.75, 3.05) is 13.1 Å². The molecular weight excluding hydrogens is 408 g/mol. The maximum atomic E-state index is 12.9. The topological polar surface area (TPSA) is 66.4 Å². The number of benzene rings is 2. The Bertz CT molecular complexity index is 1070. The fourth-order valence-electron chi connectivity index (χ4n) is 4.64. The van der Waals surface area contributed by atoms with Gasteiger partial charge in [0.15, 0.2) is 0 Å². The fraction of sp³-hybridized carbons (Fsp3) is 0.333. The van der Waals surface area contributed by atoms with Crippen LogP contribution in [-0.2, 0) is 16.1 Å². The summed E-state index contributed by atoms with van der Waals surface area (Å²) < 4.78 is 0. The molecule has 2 amide bonds. The molecule has 5 rings (SSSR count). The average Bonchev–Trinajstić information content (AvgIpc) is 3.49. The van der Waals surface area contributed by atoms with E-state index in [-0.39, 0.29) is 11.9 Å². The molecule has 6 nitrogen and oxygen atoms in total. The Morgan fingerprint density at radius 3 is 2.39 bits per heavy atom.